The van der Waals surface area contributed by atoms with E-state index >= 15 is 0 Å². The summed E-state index contributed by atoms with van der Waals surface area (Å²) in [5.74, 6) is -27.4. The molecule has 0 unspecified atom stereocenters. The van der Waals surface area contributed by atoms with E-state index in [-0.39, 0.29) is 39.2 Å². The number of amides is 16. The lowest BCUT2D eigenvalue weighted by atomic mass is 9.61. The Morgan fingerprint density at radius 3 is 0.435 bits per heavy atom. The fourth-order valence-electron chi connectivity index (χ4n) is 9.40. The van der Waals surface area contributed by atoms with Gasteiger partial charge >= 0.3 is 0 Å². The molecule has 306 valence electrons. The van der Waals surface area contributed by atoms with Gasteiger partial charge in [-0.05, 0) is 12.2 Å². The summed E-state index contributed by atoms with van der Waals surface area (Å²) in [5.41, 5.74) is -17.2. The average Bonchev–Trinajstić information content (AvgIpc) is 4.12. The van der Waals surface area contributed by atoms with E-state index in [0.717, 1.165) is 0 Å². The Hall–Kier alpha value is -9.22. The van der Waals surface area contributed by atoms with Crippen molar-refractivity contribution in [3.8, 4) is 0 Å². The highest BCUT2D eigenvalue weighted by atomic mass is 16.2. The van der Waals surface area contributed by atoms with Crippen LogP contribution in [0.4, 0.5) is 0 Å². The first kappa shape index (κ1) is 38.3. The van der Waals surface area contributed by atoms with E-state index in [0.29, 0.717) is 109 Å². The monoisotopic (exact) mass is 842 g/mol. The molecule has 0 radical (unpaired) electrons. The van der Waals surface area contributed by atoms with Crippen LogP contribution < -0.4 is 0 Å². The van der Waals surface area contributed by atoms with Crippen LogP contribution in [-0.2, 0) is 76.7 Å². The Morgan fingerprint density at radius 1 is 0.194 bits per heavy atom. The minimum Gasteiger partial charge on any atom is -0.269 e. The topological polar surface area (TPSA) is 299 Å². The van der Waals surface area contributed by atoms with Gasteiger partial charge in [-0.2, -0.15) is 0 Å². The van der Waals surface area contributed by atoms with Gasteiger partial charge in [-0.15, -0.1) is 0 Å². The Morgan fingerprint density at radius 2 is 0.306 bits per heavy atom. The maximum atomic E-state index is 14.8. The van der Waals surface area contributed by atoms with Gasteiger partial charge < -0.3 is 0 Å². The highest BCUT2D eigenvalue weighted by Gasteiger charge is 2.93. The minimum absolute atomic E-state index is 0.114. The zero-order chi connectivity index (χ0) is 44.6. The van der Waals surface area contributed by atoms with Gasteiger partial charge in [0.1, 0.15) is 0 Å². The lowest BCUT2D eigenvalue weighted by molar-refractivity contribution is -0.289. The maximum Gasteiger partial charge on any atom is 0.256 e. The van der Waals surface area contributed by atoms with E-state index in [9.17, 15) is 76.7 Å². The lowest BCUT2D eigenvalue weighted by Gasteiger charge is -2.74. The molecule has 9 rings (SSSR count). The second-order valence-electron chi connectivity index (χ2n) is 13.9. The molecule has 0 aromatic heterocycles. The molecular formula is C38H18N8O16. The SMILES string of the molecule is O=C1C=CC(=O)N1C1(N2C(=O)C=CC2=O)C=CC(N2C(=O)C=CC2=O)(N2C(=O)C=CC2=O)C(N2C(=O)C=CC2=O)(N2C(=O)C=CC2=O)C1(N1C(=O)C=CC1=O)N1C(=O)C=CC1=O. The number of hydrogen-bond donors (Lipinski definition) is 0. The van der Waals surface area contributed by atoms with Gasteiger partial charge in [0, 0.05) is 97.2 Å². The molecule has 0 bridgehead atoms. The minimum atomic E-state index is -4.57. The number of imide groups is 8. The van der Waals surface area contributed by atoms with E-state index in [4.69, 9.17) is 0 Å². The number of carbonyl (C=O) groups is 16. The van der Waals surface area contributed by atoms with Gasteiger partial charge in [0.2, 0.25) is 22.7 Å². The van der Waals surface area contributed by atoms with E-state index in [2.05, 4.69) is 0 Å². The zero-order valence-corrected chi connectivity index (χ0v) is 30.5. The number of rotatable bonds is 8. The first-order valence-electron chi connectivity index (χ1n) is 17.6. The Bertz CT molecular complexity index is 2330. The molecule has 0 fully saturated rings. The van der Waals surface area contributed by atoms with E-state index in [1.807, 2.05) is 0 Å². The van der Waals surface area contributed by atoms with Crippen molar-refractivity contribution in [1.29, 1.82) is 0 Å². The fraction of sp³-hybridized carbons (Fsp3) is 0.105. The van der Waals surface area contributed by atoms with Gasteiger partial charge in [-0.25, -0.2) is 39.2 Å². The van der Waals surface area contributed by atoms with Crippen molar-refractivity contribution in [2.75, 3.05) is 0 Å². The van der Waals surface area contributed by atoms with Crippen LogP contribution in [0.15, 0.2) is 109 Å². The molecule has 1 aliphatic carbocycles. The summed E-state index contributed by atoms with van der Waals surface area (Å²) in [5, 5.41) is 0. The Balaban J connectivity index is 1.70. The average molecular weight is 843 g/mol. The van der Waals surface area contributed by atoms with Gasteiger partial charge in [-0.1, -0.05) is 0 Å². The molecule has 24 heteroatoms. The summed E-state index contributed by atoms with van der Waals surface area (Å²) in [4.78, 5) is 233. The predicted octanol–water partition coefficient (Wildman–Crippen LogP) is -5.26. The molecule has 0 saturated heterocycles. The number of nitrogens with zero attached hydrogens (tertiary/aromatic N) is 8. The fourth-order valence-corrected chi connectivity index (χ4v) is 9.40. The summed E-state index contributed by atoms with van der Waals surface area (Å²) in [6.45, 7) is 0. The van der Waals surface area contributed by atoms with Crippen molar-refractivity contribution >= 4 is 94.5 Å². The first-order chi connectivity index (χ1) is 29.4. The van der Waals surface area contributed by atoms with Crippen LogP contribution in [0.5, 0.6) is 0 Å². The number of carbonyl (C=O) groups excluding carboxylic acids is 16. The second-order valence-corrected chi connectivity index (χ2v) is 13.9. The summed E-state index contributed by atoms with van der Waals surface area (Å²) in [7, 11) is 0. The largest absolute Gasteiger partial charge is 0.269 e. The summed E-state index contributed by atoms with van der Waals surface area (Å²) >= 11 is 0. The number of hydrogen-bond acceptors (Lipinski definition) is 16. The molecule has 0 aromatic rings. The molecule has 0 saturated carbocycles. The van der Waals surface area contributed by atoms with E-state index < -0.39 is 117 Å². The third kappa shape index (κ3) is 4.03. The lowest BCUT2D eigenvalue weighted by Crippen LogP contribution is -3.03. The van der Waals surface area contributed by atoms with Crippen molar-refractivity contribution < 1.29 is 76.7 Å². The molecular weight excluding hydrogens is 824 g/mol. The molecule has 0 N–H and O–H groups in total. The highest BCUT2D eigenvalue weighted by molar-refractivity contribution is 6.26. The molecule has 62 heavy (non-hydrogen) atoms. The second kappa shape index (κ2) is 12.2. The summed E-state index contributed by atoms with van der Waals surface area (Å²) < 4.78 is 0. The maximum absolute atomic E-state index is 14.8. The van der Waals surface area contributed by atoms with Crippen LogP contribution in [0.1, 0.15) is 0 Å². The highest BCUT2D eigenvalue weighted by Crippen LogP contribution is 2.64. The molecule has 0 spiro atoms. The normalized spacial score (nSPS) is 25.3. The summed E-state index contributed by atoms with van der Waals surface area (Å²) in [6, 6.07) is 0. The van der Waals surface area contributed by atoms with Gasteiger partial charge in [-0.3, -0.25) is 76.7 Å². The standard InChI is InChI=1S/C38H18N8O16/c47-19-1-2-20(48)39(19)35(40-21(49)3-4-22(40)50)17-18-36(41-23(51)5-6-24(41)52,42-25(53)7-8-26(42)54)38(45-31(59)13-14-32(45)60,46-33(61)15-16-34(46)62)37(35,43-27(55)9-10-28(43)56)44-29(57)11-12-30(44)58/h1-18H. The van der Waals surface area contributed by atoms with E-state index in [1.165, 1.54) is 0 Å². The van der Waals surface area contributed by atoms with Crippen molar-refractivity contribution in [3.63, 3.8) is 0 Å². The van der Waals surface area contributed by atoms with Crippen LogP contribution in [0.2, 0.25) is 0 Å². The van der Waals surface area contributed by atoms with Gasteiger partial charge in [0.25, 0.3) is 94.5 Å². The van der Waals surface area contributed by atoms with Crippen molar-refractivity contribution in [3.05, 3.63) is 109 Å². The van der Waals surface area contributed by atoms with Crippen LogP contribution in [0.25, 0.3) is 0 Å². The summed E-state index contributed by atoms with van der Waals surface area (Å²) in [6.07, 6.45) is 7.68. The van der Waals surface area contributed by atoms with Crippen LogP contribution in [0, 0.1) is 0 Å². The molecule has 24 nitrogen and oxygen atoms in total. The zero-order valence-electron chi connectivity index (χ0n) is 30.5. The molecule has 8 aliphatic heterocycles. The first-order valence-corrected chi connectivity index (χ1v) is 17.6. The Labute approximate surface area is 342 Å². The van der Waals surface area contributed by atoms with Gasteiger partial charge in [0.15, 0.2) is 0 Å². The smallest absolute Gasteiger partial charge is 0.256 e. The predicted molar refractivity (Wildman–Crippen MR) is 188 cm³/mol. The van der Waals surface area contributed by atoms with Gasteiger partial charge in [0.05, 0.1) is 0 Å². The third-order valence-electron chi connectivity index (χ3n) is 11.2. The van der Waals surface area contributed by atoms with Crippen LogP contribution in [0.3, 0.4) is 0 Å². The molecule has 9 aliphatic rings. The molecule has 16 amide bonds. The van der Waals surface area contributed by atoms with Crippen molar-refractivity contribution in [2.45, 2.75) is 22.7 Å². The molecule has 0 atom stereocenters. The molecule has 8 heterocycles. The van der Waals surface area contributed by atoms with Crippen molar-refractivity contribution in [1.82, 2.24) is 39.2 Å². The van der Waals surface area contributed by atoms with Crippen LogP contribution in [-0.4, -0.2) is 156 Å². The third-order valence-corrected chi connectivity index (χ3v) is 11.2. The van der Waals surface area contributed by atoms with Crippen molar-refractivity contribution in [2.24, 2.45) is 0 Å². The quantitative estimate of drug-likeness (QED) is 0.163. The van der Waals surface area contributed by atoms with E-state index in [1.54, 1.807) is 0 Å². The van der Waals surface area contributed by atoms with Crippen LogP contribution >= 0.6 is 0 Å². The molecule has 0 aromatic carbocycles. The Kier molecular flexibility index (Phi) is 7.51.